The lowest BCUT2D eigenvalue weighted by Gasteiger charge is -2.18. The molecule has 0 N–H and O–H groups in total. The Kier molecular flexibility index (Phi) is 47.9. The summed E-state index contributed by atoms with van der Waals surface area (Å²) in [6.07, 6.45) is 63.3. The van der Waals surface area contributed by atoms with Gasteiger partial charge in [-0.3, -0.25) is 14.4 Å². The van der Waals surface area contributed by atoms with Gasteiger partial charge in [-0.2, -0.15) is 0 Å². The Balaban J connectivity index is 4.43. The van der Waals surface area contributed by atoms with Gasteiger partial charge in [0, 0.05) is 19.3 Å². The van der Waals surface area contributed by atoms with Crippen LogP contribution in [0.15, 0.2) is 72.9 Å². The number of carbonyl (C=O) groups is 3. The molecule has 0 aromatic rings. The third kappa shape index (κ3) is 47.9. The van der Waals surface area contributed by atoms with Gasteiger partial charge in [0.05, 0.1) is 0 Å². The number of esters is 3. The van der Waals surface area contributed by atoms with E-state index in [1.807, 2.05) is 54.7 Å². The van der Waals surface area contributed by atoms with E-state index in [-0.39, 0.29) is 37.5 Å². The minimum atomic E-state index is -0.815. The summed E-state index contributed by atoms with van der Waals surface area (Å²) in [6.45, 7) is 6.42. The van der Waals surface area contributed by atoms with Crippen LogP contribution in [0.4, 0.5) is 0 Å². The largest absolute Gasteiger partial charge is 0.462 e. The highest BCUT2D eigenvalue weighted by atomic mass is 16.6. The van der Waals surface area contributed by atoms with Crippen LogP contribution in [0.2, 0.25) is 0 Å². The predicted molar refractivity (Wildman–Crippen MR) is 265 cm³/mol. The SMILES string of the molecule is CC/C=C/C=C/C=C/C=C/C=C/CCCC(=O)OC(COC(=O)CCCCC/C=C/CCCCCCCC)COC(=O)CCCCCCCCCCCCCCCCCCCC. The molecular formula is C56H96O6. The Bertz CT molecular complexity index is 1180. The molecule has 0 amide bonds. The van der Waals surface area contributed by atoms with Crippen molar-refractivity contribution in [1.82, 2.24) is 0 Å². The Hall–Kier alpha value is -3.15. The summed E-state index contributed by atoms with van der Waals surface area (Å²) in [4.78, 5) is 37.9. The molecule has 6 nitrogen and oxygen atoms in total. The van der Waals surface area contributed by atoms with Crippen LogP contribution in [0.25, 0.3) is 0 Å². The van der Waals surface area contributed by atoms with E-state index in [0.29, 0.717) is 19.3 Å². The number of allylic oxidation sites excluding steroid dienone is 12. The fraction of sp³-hybridized carbons (Fsp3) is 0.732. The van der Waals surface area contributed by atoms with Gasteiger partial charge in [-0.05, 0) is 57.8 Å². The average molecular weight is 865 g/mol. The van der Waals surface area contributed by atoms with E-state index in [2.05, 4.69) is 39.0 Å². The summed E-state index contributed by atoms with van der Waals surface area (Å²) >= 11 is 0. The summed E-state index contributed by atoms with van der Waals surface area (Å²) in [5.41, 5.74) is 0. The molecule has 1 unspecified atom stereocenters. The van der Waals surface area contributed by atoms with Crippen molar-refractivity contribution in [3.63, 3.8) is 0 Å². The molecule has 0 fully saturated rings. The first-order valence-electron chi connectivity index (χ1n) is 26.0. The topological polar surface area (TPSA) is 78.9 Å². The molecule has 0 rings (SSSR count). The Morgan fingerprint density at radius 1 is 0.339 bits per heavy atom. The van der Waals surface area contributed by atoms with Gasteiger partial charge in [-0.25, -0.2) is 0 Å². The molecule has 0 aliphatic carbocycles. The van der Waals surface area contributed by atoms with Crippen molar-refractivity contribution in [3.8, 4) is 0 Å². The van der Waals surface area contributed by atoms with Crippen LogP contribution in [0.1, 0.15) is 245 Å². The molecule has 62 heavy (non-hydrogen) atoms. The van der Waals surface area contributed by atoms with Crippen LogP contribution >= 0.6 is 0 Å². The molecule has 6 heteroatoms. The maximum Gasteiger partial charge on any atom is 0.306 e. The van der Waals surface area contributed by atoms with Gasteiger partial charge in [-0.15, -0.1) is 0 Å². The number of rotatable bonds is 46. The predicted octanol–water partition coefficient (Wildman–Crippen LogP) is 17.0. The number of hydrogen-bond acceptors (Lipinski definition) is 6. The van der Waals surface area contributed by atoms with E-state index in [0.717, 1.165) is 64.2 Å². The van der Waals surface area contributed by atoms with E-state index < -0.39 is 6.10 Å². The van der Waals surface area contributed by atoms with Crippen LogP contribution < -0.4 is 0 Å². The van der Waals surface area contributed by atoms with E-state index in [9.17, 15) is 14.4 Å². The third-order valence-corrected chi connectivity index (χ3v) is 11.1. The first kappa shape index (κ1) is 58.9. The van der Waals surface area contributed by atoms with Gasteiger partial charge in [0.15, 0.2) is 6.10 Å². The third-order valence-electron chi connectivity index (χ3n) is 11.1. The highest BCUT2D eigenvalue weighted by Crippen LogP contribution is 2.15. The lowest BCUT2D eigenvalue weighted by molar-refractivity contribution is -0.167. The maximum atomic E-state index is 12.7. The van der Waals surface area contributed by atoms with Crippen molar-refractivity contribution in [1.29, 1.82) is 0 Å². The number of carbonyl (C=O) groups excluding carboxylic acids is 3. The minimum absolute atomic E-state index is 0.107. The lowest BCUT2D eigenvalue weighted by Crippen LogP contribution is -2.30. The number of unbranched alkanes of at least 4 members (excludes halogenated alkanes) is 27. The second-order valence-electron chi connectivity index (χ2n) is 17.2. The zero-order chi connectivity index (χ0) is 45.1. The van der Waals surface area contributed by atoms with E-state index in [1.165, 1.54) is 135 Å². The minimum Gasteiger partial charge on any atom is -0.462 e. The summed E-state index contributed by atoms with van der Waals surface area (Å²) in [5, 5.41) is 0. The molecule has 356 valence electrons. The normalized spacial score (nSPS) is 12.6. The number of ether oxygens (including phenoxy) is 3. The molecule has 0 bridgehead atoms. The van der Waals surface area contributed by atoms with Gasteiger partial charge in [0.25, 0.3) is 0 Å². The quantitative estimate of drug-likeness (QED) is 0.0199. The van der Waals surface area contributed by atoms with Crippen molar-refractivity contribution >= 4 is 17.9 Å². The summed E-state index contributed by atoms with van der Waals surface area (Å²) < 4.78 is 16.7. The highest BCUT2D eigenvalue weighted by Gasteiger charge is 2.19. The molecular weight excluding hydrogens is 769 g/mol. The molecule has 0 aromatic heterocycles. The highest BCUT2D eigenvalue weighted by molar-refractivity contribution is 5.71. The van der Waals surface area contributed by atoms with E-state index in [4.69, 9.17) is 14.2 Å². The summed E-state index contributed by atoms with van der Waals surface area (Å²) in [7, 11) is 0. The van der Waals surface area contributed by atoms with E-state index >= 15 is 0 Å². The van der Waals surface area contributed by atoms with E-state index in [1.54, 1.807) is 0 Å². The Morgan fingerprint density at radius 2 is 0.661 bits per heavy atom. The zero-order valence-electron chi connectivity index (χ0n) is 40.6. The van der Waals surface area contributed by atoms with Crippen LogP contribution in [-0.4, -0.2) is 37.2 Å². The van der Waals surface area contributed by atoms with Gasteiger partial charge >= 0.3 is 17.9 Å². The van der Waals surface area contributed by atoms with Crippen molar-refractivity contribution in [2.75, 3.05) is 13.2 Å². The lowest BCUT2D eigenvalue weighted by atomic mass is 10.0. The Morgan fingerprint density at radius 3 is 1.08 bits per heavy atom. The zero-order valence-corrected chi connectivity index (χ0v) is 40.6. The standard InChI is InChI=1S/C56H96O6/c1-4-7-10-13-16-19-22-25-26-27-28-29-32-34-37-40-43-46-49-55(58)61-52-53(62-56(59)50-47-44-41-38-35-31-24-21-18-15-12-9-6-3)51-60-54(57)48-45-42-39-36-33-30-23-20-17-14-11-8-5-2/h9,12,15,18,21,24,30-31,33,35,38,41,53H,4-8,10-11,13-14,16-17,19-20,22-23,25-29,32,34,36-37,39-40,42-52H2,1-3H3/b12-9+,18-15+,24-21+,33-30+,35-31+,41-38+. The second-order valence-corrected chi connectivity index (χ2v) is 17.2. The van der Waals surface area contributed by atoms with Crippen LogP contribution in [0.5, 0.6) is 0 Å². The Labute approximate surface area is 382 Å². The van der Waals surface area contributed by atoms with Crippen molar-refractivity contribution in [2.45, 2.75) is 252 Å². The van der Waals surface area contributed by atoms with Gasteiger partial charge < -0.3 is 14.2 Å². The average Bonchev–Trinajstić information content (AvgIpc) is 3.27. The molecule has 0 aliphatic heterocycles. The van der Waals surface area contributed by atoms with Gasteiger partial charge in [0.1, 0.15) is 13.2 Å². The molecule has 0 aromatic carbocycles. The van der Waals surface area contributed by atoms with Gasteiger partial charge in [0.2, 0.25) is 0 Å². The molecule has 0 heterocycles. The van der Waals surface area contributed by atoms with Crippen LogP contribution in [-0.2, 0) is 28.6 Å². The molecule has 0 aliphatic rings. The summed E-state index contributed by atoms with van der Waals surface area (Å²) in [5.74, 6) is -0.995. The fourth-order valence-electron chi connectivity index (χ4n) is 7.17. The monoisotopic (exact) mass is 865 g/mol. The molecule has 1 atom stereocenters. The second kappa shape index (κ2) is 50.5. The molecule has 0 radical (unpaired) electrons. The fourth-order valence-corrected chi connectivity index (χ4v) is 7.17. The van der Waals surface area contributed by atoms with Crippen LogP contribution in [0, 0.1) is 0 Å². The van der Waals surface area contributed by atoms with Crippen molar-refractivity contribution < 1.29 is 28.6 Å². The molecule has 0 saturated carbocycles. The number of hydrogen-bond donors (Lipinski definition) is 0. The maximum absolute atomic E-state index is 12.7. The first-order chi connectivity index (χ1) is 30.5. The van der Waals surface area contributed by atoms with Gasteiger partial charge in [-0.1, -0.05) is 241 Å². The molecule has 0 spiro atoms. The first-order valence-corrected chi connectivity index (χ1v) is 26.0. The van der Waals surface area contributed by atoms with Crippen LogP contribution in [0.3, 0.4) is 0 Å². The summed E-state index contributed by atoms with van der Waals surface area (Å²) in [6, 6.07) is 0. The smallest absolute Gasteiger partial charge is 0.306 e. The van der Waals surface area contributed by atoms with Crippen molar-refractivity contribution in [3.05, 3.63) is 72.9 Å². The molecule has 0 saturated heterocycles. The van der Waals surface area contributed by atoms with Crippen molar-refractivity contribution in [2.24, 2.45) is 0 Å².